The Morgan fingerprint density at radius 3 is 3.05 bits per heavy atom. The summed E-state index contributed by atoms with van der Waals surface area (Å²) < 4.78 is 20.9. The van der Waals surface area contributed by atoms with E-state index in [1.165, 1.54) is 20.0 Å². The zero-order valence-electron chi connectivity index (χ0n) is 11.5. The molecule has 1 aliphatic carbocycles. The number of nitrogens with zero attached hydrogens (tertiary/aromatic N) is 2. The van der Waals surface area contributed by atoms with E-state index in [-0.39, 0.29) is 11.6 Å². The summed E-state index contributed by atoms with van der Waals surface area (Å²) in [5, 5.41) is 3.41. The van der Waals surface area contributed by atoms with Gasteiger partial charge >= 0.3 is 0 Å². The average Bonchev–Trinajstić information content (AvgIpc) is 3.19. The minimum Gasteiger partial charge on any atom is -0.494 e. The van der Waals surface area contributed by atoms with Crippen molar-refractivity contribution >= 4 is 0 Å². The predicted molar refractivity (Wildman–Crippen MR) is 74.1 cm³/mol. The zero-order chi connectivity index (χ0) is 13.9. The summed E-state index contributed by atoms with van der Waals surface area (Å²) in [6, 6.07) is 5.84. The molecule has 0 unspecified atom stereocenters. The van der Waals surface area contributed by atoms with Crippen molar-refractivity contribution in [2.24, 2.45) is 0 Å². The molecule has 1 aromatic heterocycles. The third kappa shape index (κ3) is 2.99. The summed E-state index contributed by atoms with van der Waals surface area (Å²) in [6.07, 6.45) is 6.21. The lowest BCUT2D eigenvalue weighted by molar-refractivity contribution is 0.383. The molecule has 5 heteroatoms. The van der Waals surface area contributed by atoms with Gasteiger partial charge in [-0.2, -0.15) is 0 Å². The quantitative estimate of drug-likeness (QED) is 0.879. The van der Waals surface area contributed by atoms with Gasteiger partial charge in [-0.25, -0.2) is 9.37 Å². The highest BCUT2D eigenvalue weighted by Crippen LogP contribution is 2.21. The lowest BCUT2D eigenvalue weighted by Gasteiger charge is -2.07. The molecule has 0 radical (unpaired) electrons. The van der Waals surface area contributed by atoms with E-state index in [0.717, 1.165) is 12.2 Å². The summed E-state index contributed by atoms with van der Waals surface area (Å²) in [6.45, 7) is 1.23. The molecule has 0 saturated heterocycles. The first-order chi connectivity index (χ1) is 9.76. The van der Waals surface area contributed by atoms with Crippen LogP contribution in [0.4, 0.5) is 4.39 Å². The topological polar surface area (TPSA) is 39.1 Å². The van der Waals surface area contributed by atoms with Crippen molar-refractivity contribution in [2.45, 2.75) is 32.0 Å². The maximum atomic E-state index is 14.1. The Labute approximate surface area is 117 Å². The maximum Gasteiger partial charge on any atom is 0.170 e. The first-order valence-corrected chi connectivity index (χ1v) is 6.81. The van der Waals surface area contributed by atoms with Crippen LogP contribution in [-0.2, 0) is 13.1 Å². The first-order valence-electron chi connectivity index (χ1n) is 6.81. The molecule has 2 aromatic rings. The second kappa shape index (κ2) is 5.63. The smallest absolute Gasteiger partial charge is 0.170 e. The van der Waals surface area contributed by atoms with Gasteiger partial charge in [-0.1, -0.05) is 12.1 Å². The third-order valence-corrected chi connectivity index (χ3v) is 3.45. The fourth-order valence-electron chi connectivity index (χ4n) is 2.15. The molecule has 1 aliphatic rings. The second-order valence-electron chi connectivity index (χ2n) is 5.13. The number of hydrogen-bond acceptors (Lipinski definition) is 3. The van der Waals surface area contributed by atoms with Crippen LogP contribution >= 0.6 is 0 Å². The van der Waals surface area contributed by atoms with Gasteiger partial charge in [-0.3, -0.25) is 0 Å². The molecule has 3 rings (SSSR count). The van der Waals surface area contributed by atoms with E-state index in [0.29, 0.717) is 18.2 Å². The van der Waals surface area contributed by atoms with Crippen LogP contribution in [0.2, 0.25) is 0 Å². The number of rotatable bonds is 6. The maximum absolute atomic E-state index is 14.1. The van der Waals surface area contributed by atoms with Crippen molar-refractivity contribution in [1.29, 1.82) is 0 Å². The van der Waals surface area contributed by atoms with Gasteiger partial charge in [-0.05, 0) is 18.9 Å². The molecule has 0 spiro atoms. The summed E-state index contributed by atoms with van der Waals surface area (Å²) >= 11 is 0. The average molecular weight is 275 g/mol. The van der Waals surface area contributed by atoms with Crippen molar-refractivity contribution in [2.75, 3.05) is 7.11 Å². The molecule has 0 bridgehead atoms. The van der Waals surface area contributed by atoms with Gasteiger partial charge in [-0.15, -0.1) is 0 Å². The van der Waals surface area contributed by atoms with Gasteiger partial charge in [0.1, 0.15) is 0 Å². The van der Waals surface area contributed by atoms with Gasteiger partial charge in [0.25, 0.3) is 0 Å². The lowest BCUT2D eigenvalue weighted by Crippen LogP contribution is -2.15. The number of aromatic nitrogens is 2. The van der Waals surface area contributed by atoms with Crippen LogP contribution in [-0.4, -0.2) is 22.7 Å². The number of halogens is 1. The molecule has 4 nitrogen and oxygen atoms in total. The van der Waals surface area contributed by atoms with E-state index in [9.17, 15) is 4.39 Å². The van der Waals surface area contributed by atoms with Crippen LogP contribution in [0, 0.1) is 5.82 Å². The highest BCUT2D eigenvalue weighted by atomic mass is 19.1. The Hall–Kier alpha value is -1.88. The Bertz CT molecular complexity index is 593. The van der Waals surface area contributed by atoms with E-state index in [4.69, 9.17) is 4.74 Å². The molecular formula is C15H18FN3O. The molecule has 0 amide bonds. The summed E-state index contributed by atoms with van der Waals surface area (Å²) in [5.74, 6) is -0.0282. The molecule has 1 saturated carbocycles. The van der Waals surface area contributed by atoms with Gasteiger partial charge in [0, 0.05) is 24.3 Å². The standard InChI is InChI=1S/C15H18FN3O/c1-20-14-4-2-3-11(15(14)16)8-19-9-13(18-10-19)7-17-12-5-6-12/h2-4,9-10,12,17H,5-8H2,1H3. The van der Waals surface area contributed by atoms with Crippen molar-refractivity contribution in [3.8, 4) is 5.75 Å². The van der Waals surface area contributed by atoms with Gasteiger partial charge < -0.3 is 14.6 Å². The van der Waals surface area contributed by atoms with Crippen LogP contribution < -0.4 is 10.1 Å². The van der Waals surface area contributed by atoms with E-state index in [1.54, 1.807) is 24.5 Å². The van der Waals surface area contributed by atoms with Crippen molar-refractivity contribution < 1.29 is 9.13 Å². The number of nitrogens with one attached hydrogen (secondary N) is 1. The van der Waals surface area contributed by atoms with E-state index in [2.05, 4.69) is 10.3 Å². The van der Waals surface area contributed by atoms with Gasteiger partial charge in [0.2, 0.25) is 0 Å². The van der Waals surface area contributed by atoms with Crippen molar-refractivity contribution in [3.05, 3.63) is 47.8 Å². The summed E-state index contributed by atoms with van der Waals surface area (Å²) in [5.41, 5.74) is 1.59. The molecule has 1 fully saturated rings. The van der Waals surface area contributed by atoms with Gasteiger partial charge in [0.05, 0.1) is 25.7 Å². The minimum absolute atomic E-state index is 0.276. The fraction of sp³-hybridized carbons (Fsp3) is 0.400. The summed E-state index contributed by atoms with van der Waals surface area (Å²) in [7, 11) is 1.47. The third-order valence-electron chi connectivity index (χ3n) is 3.45. The molecule has 0 aliphatic heterocycles. The van der Waals surface area contributed by atoms with Crippen LogP contribution in [0.5, 0.6) is 5.75 Å². The molecule has 1 N–H and O–H groups in total. The van der Waals surface area contributed by atoms with Crippen molar-refractivity contribution in [3.63, 3.8) is 0 Å². The molecule has 20 heavy (non-hydrogen) atoms. The molecular weight excluding hydrogens is 257 g/mol. The highest BCUT2D eigenvalue weighted by molar-refractivity contribution is 5.31. The number of hydrogen-bond donors (Lipinski definition) is 1. The van der Waals surface area contributed by atoms with Crippen molar-refractivity contribution in [1.82, 2.24) is 14.9 Å². The number of benzene rings is 1. The molecule has 1 aromatic carbocycles. The fourth-order valence-corrected chi connectivity index (χ4v) is 2.15. The monoisotopic (exact) mass is 275 g/mol. The minimum atomic E-state index is -0.304. The van der Waals surface area contributed by atoms with E-state index in [1.807, 2.05) is 10.8 Å². The summed E-state index contributed by atoms with van der Waals surface area (Å²) in [4.78, 5) is 4.33. The Morgan fingerprint density at radius 2 is 2.30 bits per heavy atom. The number of methoxy groups -OCH3 is 1. The van der Waals surface area contributed by atoms with Gasteiger partial charge in [0.15, 0.2) is 11.6 Å². The molecule has 1 heterocycles. The van der Waals surface area contributed by atoms with E-state index < -0.39 is 0 Å². The number of imidazole rings is 1. The zero-order valence-corrected chi connectivity index (χ0v) is 11.5. The van der Waals surface area contributed by atoms with Crippen LogP contribution in [0.15, 0.2) is 30.7 Å². The highest BCUT2D eigenvalue weighted by Gasteiger charge is 2.20. The number of ether oxygens (including phenoxy) is 1. The van der Waals surface area contributed by atoms with Crippen LogP contribution in [0.1, 0.15) is 24.1 Å². The largest absolute Gasteiger partial charge is 0.494 e. The van der Waals surface area contributed by atoms with Crippen LogP contribution in [0.25, 0.3) is 0 Å². The predicted octanol–water partition coefficient (Wildman–Crippen LogP) is 2.33. The second-order valence-corrected chi connectivity index (χ2v) is 5.13. The Morgan fingerprint density at radius 1 is 1.45 bits per heavy atom. The lowest BCUT2D eigenvalue weighted by atomic mass is 10.2. The first kappa shape index (κ1) is 13.1. The normalized spacial score (nSPS) is 14.5. The van der Waals surface area contributed by atoms with Crippen LogP contribution in [0.3, 0.4) is 0 Å². The molecule has 106 valence electrons. The SMILES string of the molecule is COc1cccc(Cn2cnc(CNC3CC3)c2)c1F. The van der Waals surface area contributed by atoms with E-state index >= 15 is 0 Å². The molecule has 0 atom stereocenters. The Balaban J connectivity index is 1.67. The Kier molecular flexibility index (Phi) is 3.69.